The molecule has 0 aliphatic heterocycles. The molecule has 0 fully saturated rings. The van der Waals surface area contributed by atoms with Gasteiger partial charge in [-0.15, -0.1) is 11.3 Å². The summed E-state index contributed by atoms with van der Waals surface area (Å²) in [6, 6.07) is 10.5. The number of ether oxygens (including phenoxy) is 1. The normalized spacial score (nSPS) is 10.5. The average Bonchev–Trinajstić information content (AvgIpc) is 3.25. The minimum Gasteiger partial charge on any atom is -0.486 e. The Morgan fingerprint density at radius 2 is 2.13 bits per heavy atom. The average molecular weight is 330 g/mol. The van der Waals surface area contributed by atoms with Gasteiger partial charge in [0, 0.05) is 10.9 Å². The molecule has 3 rings (SSSR count). The molecule has 0 bridgehead atoms. The number of furan rings is 1. The first-order valence-corrected chi connectivity index (χ1v) is 7.68. The van der Waals surface area contributed by atoms with Crippen LogP contribution < -0.4 is 10.2 Å². The summed E-state index contributed by atoms with van der Waals surface area (Å²) in [5.41, 5.74) is 3.55. The van der Waals surface area contributed by atoms with Crippen molar-refractivity contribution in [1.29, 1.82) is 0 Å². The van der Waals surface area contributed by atoms with Crippen LogP contribution in [0.1, 0.15) is 15.4 Å². The van der Waals surface area contributed by atoms with Crippen LogP contribution in [0.2, 0.25) is 0 Å². The predicted octanol–water partition coefficient (Wildman–Crippen LogP) is 3.27. The fourth-order valence-corrected chi connectivity index (χ4v) is 2.61. The summed E-state index contributed by atoms with van der Waals surface area (Å²) in [6.45, 7) is 0.356. The quantitative estimate of drug-likeness (QED) is 0.702. The number of hydroxylamine groups is 1. The van der Waals surface area contributed by atoms with Gasteiger partial charge in [0.15, 0.2) is 5.76 Å². The number of rotatable bonds is 6. The van der Waals surface area contributed by atoms with Crippen molar-refractivity contribution < 1.29 is 18.8 Å². The van der Waals surface area contributed by atoms with Crippen LogP contribution in [0.5, 0.6) is 5.75 Å². The first kappa shape index (κ1) is 15.3. The molecule has 2 aromatic heterocycles. The number of carbonyl (C=O) groups is 1. The van der Waals surface area contributed by atoms with Gasteiger partial charge in [-0.25, -0.2) is 10.5 Å². The summed E-state index contributed by atoms with van der Waals surface area (Å²) < 4.78 is 11.0. The van der Waals surface area contributed by atoms with Gasteiger partial charge < -0.3 is 9.15 Å². The fourth-order valence-electron chi connectivity index (χ4n) is 1.91. The summed E-state index contributed by atoms with van der Waals surface area (Å²) in [5, 5.41) is 2.77. The number of aromatic nitrogens is 1. The Labute approximate surface area is 136 Å². The van der Waals surface area contributed by atoms with E-state index >= 15 is 0 Å². The molecule has 0 radical (unpaired) electrons. The first-order chi connectivity index (χ1) is 11.3. The zero-order valence-electron chi connectivity index (χ0n) is 12.3. The molecule has 23 heavy (non-hydrogen) atoms. The number of nitrogens with zero attached hydrogens (tertiary/aromatic N) is 1. The van der Waals surface area contributed by atoms with Crippen molar-refractivity contribution in [2.75, 3.05) is 7.11 Å². The van der Waals surface area contributed by atoms with Crippen LogP contribution in [0.4, 0.5) is 0 Å². The highest BCUT2D eigenvalue weighted by molar-refractivity contribution is 7.09. The molecule has 1 amide bonds. The van der Waals surface area contributed by atoms with Gasteiger partial charge in [-0.2, -0.15) is 0 Å². The number of hydrogen-bond acceptors (Lipinski definition) is 6. The number of nitrogens with one attached hydrogen (secondary N) is 1. The van der Waals surface area contributed by atoms with Gasteiger partial charge >= 0.3 is 0 Å². The lowest BCUT2D eigenvalue weighted by Crippen LogP contribution is -2.21. The standard InChI is InChI=1S/C16H14N2O4S/c1-20-18-16(19)11-4-6-12(7-5-11)22-9-15-17-13(10-23-15)14-3-2-8-21-14/h2-8,10H,9H2,1H3,(H,18,19). The molecule has 0 saturated carbocycles. The molecule has 0 saturated heterocycles. The van der Waals surface area contributed by atoms with Gasteiger partial charge in [-0.05, 0) is 36.4 Å². The van der Waals surface area contributed by atoms with Crippen molar-refractivity contribution in [2.45, 2.75) is 6.61 Å². The smallest absolute Gasteiger partial charge is 0.274 e. The second-order valence-electron chi connectivity index (χ2n) is 4.55. The van der Waals surface area contributed by atoms with Crippen molar-refractivity contribution >= 4 is 17.2 Å². The lowest BCUT2D eigenvalue weighted by molar-refractivity contribution is 0.0537. The van der Waals surface area contributed by atoms with Crippen LogP contribution in [0.25, 0.3) is 11.5 Å². The van der Waals surface area contributed by atoms with E-state index in [1.165, 1.54) is 18.4 Å². The van der Waals surface area contributed by atoms with Gasteiger partial charge in [0.1, 0.15) is 23.1 Å². The highest BCUT2D eigenvalue weighted by atomic mass is 32.1. The lowest BCUT2D eigenvalue weighted by atomic mass is 10.2. The number of thiazole rings is 1. The van der Waals surface area contributed by atoms with E-state index in [1.54, 1.807) is 30.5 Å². The number of carbonyl (C=O) groups excluding carboxylic acids is 1. The van der Waals surface area contributed by atoms with Crippen molar-refractivity contribution in [1.82, 2.24) is 10.5 Å². The molecular formula is C16H14N2O4S. The Morgan fingerprint density at radius 1 is 1.30 bits per heavy atom. The van der Waals surface area contributed by atoms with Gasteiger partial charge in [-0.1, -0.05) is 0 Å². The van der Waals surface area contributed by atoms with Crippen LogP contribution >= 0.6 is 11.3 Å². The molecule has 0 aliphatic carbocycles. The Hall–Kier alpha value is -2.64. The van der Waals surface area contributed by atoms with E-state index < -0.39 is 0 Å². The Bertz CT molecular complexity index is 766. The Balaban J connectivity index is 1.59. The van der Waals surface area contributed by atoms with E-state index in [0.29, 0.717) is 17.9 Å². The number of hydrogen-bond donors (Lipinski definition) is 1. The van der Waals surface area contributed by atoms with Crippen LogP contribution in [-0.2, 0) is 11.4 Å². The largest absolute Gasteiger partial charge is 0.486 e. The van der Waals surface area contributed by atoms with Crippen molar-refractivity contribution in [3.8, 4) is 17.2 Å². The molecule has 0 atom stereocenters. The van der Waals surface area contributed by atoms with E-state index in [0.717, 1.165) is 16.5 Å². The molecule has 0 aliphatic rings. The van der Waals surface area contributed by atoms with E-state index in [1.807, 2.05) is 17.5 Å². The molecule has 6 nitrogen and oxygen atoms in total. The molecule has 118 valence electrons. The second kappa shape index (κ2) is 7.08. The summed E-state index contributed by atoms with van der Waals surface area (Å²) in [6.07, 6.45) is 1.62. The van der Waals surface area contributed by atoms with Crippen molar-refractivity contribution in [2.24, 2.45) is 0 Å². The minimum atomic E-state index is -0.304. The van der Waals surface area contributed by atoms with Crippen LogP contribution in [0.3, 0.4) is 0 Å². The van der Waals surface area contributed by atoms with E-state index in [2.05, 4.69) is 15.3 Å². The molecule has 7 heteroatoms. The Kier molecular flexibility index (Phi) is 4.70. The third-order valence-electron chi connectivity index (χ3n) is 3.00. The number of benzene rings is 1. The minimum absolute atomic E-state index is 0.304. The zero-order chi connectivity index (χ0) is 16.1. The van der Waals surface area contributed by atoms with Crippen LogP contribution in [-0.4, -0.2) is 18.0 Å². The van der Waals surface area contributed by atoms with Gasteiger partial charge in [0.25, 0.3) is 5.91 Å². The fraction of sp³-hybridized carbons (Fsp3) is 0.125. The maximum Gasteiger partial charge on any atom is 0.274 e. The summed E-state index contributed by atoms with van der Waals surface area (Å²) in [4.78, 5) is 20.6. The van der Waals surface area contributed by atoms with Gasteiger partial charge in [0.05, 0.1) is 13.4 Å². The summed E-state index contributed by atoms with van der Waals surface area (Å²) in [5.74, 6) is 1.09. The second-order valence-corrected chi connectivity index (χ2v) is 5.49. The molecule has 2 heterocycles. The van der Waals surface area contributed by atoms with E-state index in [4.69, 9.17) is 9.15 Å². The molecular weight excluding hydrogens is 316 g/mol. The summed E-state index contributed by atoms with van der Waals surface area (Å²) in [7, 11) is 1.39. The predicted molar refractivity (Wildman–Crippen MR) is 85.1 cm³/mol. The van der Waals surface area contributed by atoms with Gasteiger partial charge in [0.2, 0.25) is 0 Å². The topological polar surface area (TPSA) is 73.6 Å². The van der Waals surface area contributed by atoms with Crippen molar-refractivity contribution in [3.63, 3.8) is 0 Å². The molecule has 0 unspecified atom stereocenters. The first-order valence-electron chi connectivity index (χ1n) is 6.81. The maximum absolute atomic E-state index is 11.6. The zero-order valence-corrected chi connectivity index (χ0v) is 13.1. The maximum atomic E-state index is 11.6. The molecule has 1 aromatic carbocycles. The SMILES string of the molecule is CONC(=O)c1ccc(OCc2nc(-c3ccco3)cs2)cc1. The number of amides is 1. The van der Waals surface area contributed by atoms with Gasteiger partial charge in [-0.3, -0.25) is 9.63 Å². The molecule has 1 N–H and O–H groups in total. The van der Waals surface area contributed by atoms with Crippen LogP contribution in [0, 0.1) is 0 Å². The molecule has 3 aromatic rings. The lowest BCUT2D eigenvalue weighted by Gasteiger charge is -2.05. The third-order valence-corrected chi connectivity index (χ3v) is 3.82. The van der Waals surface area contributed by atoms with E-state index in [9.17, 15) is 4.79 Å². The Morgan fingerprint density at radius 3 is 2.83 bits per heavy atom. The highest BCUT2D eigenvalue weighted by Crippen LogP contribution is 2.23. The third kappa shape index (κ3) is 3.77. The monoisotopic (exact) mass is 330 g/mol. The van der Waals surface area contributed by atoms with Crippen LogP contribution in [0.15, 0.2) is 52.5 Å². The van der Waals surface area contributed by atoms with Crippen molar-refractivity contribution in [3.05, 3.63) is 58.6 Å². The van der Waals surface area contributed by atoms with E-state index in [-0.39, 0.29) is 5.91 Å². The highest BCUT2D eigenvalue weighted by Gasteiger charge is 2.08. The summed E-state index contributed by atoms with van der Waals surface area (Å²) >= 11 is 1.50. The molecule has 0 spiro atoms.